The second kappa shape index (κ2) is 6.72. The highest BCUT2D eigenvalue weighted by Crippen LogP contribution is 2.29. The lowest BCUT2D eigenvalue weighted by molar-refractivity contribution is -0.138. The zero-order valence-corrected chi connectivity index (χ0v) is 13.4. The van der Waals surface area contributed by atoms with Gasteiger partial charge in [0.2, 0.25) is 0 Å². The number of aromatic nitrogens is 1. The van der Waals surface area contributed by atoms with E-state index in [1.165, 1.54) is 0 Å². The van der Waals surface area contributed by atoms with Crippen molar-refractivity contribution in [3.8, 4) is 5.75 Å². The fourth-order valence-corrected chi connectivity index (χ4v) is 2.61. The number of ether oxygens (including phenoxy) is 1. The summed E-state index contributed by atoms with van der Waals surface area (Å²) in [7, 11) is 1.60. The van der Waals surface area contributed by atoms with Gasteiger partial charge in [0.05, 0.1) is 12.8 Å². The molecule has 0 spiro atoms. The molecular weight excluding hydrogens is 334 g/mol. The van der Waals surface area contributed by atoms with Gasteiger partial charge in [-0.3, -0.25) is 9.78 Å². The molecule has 0 fully saturated rings. The molecule has 1 heterocycles. The van der Waals surface area contributed by atoms with Crippen molar-refractivity contribution in [2.24, 2.45) is 0 Å². The molecule has 0 aliphatic carbocycles. The Labute approximate surface area is 131 Å². The molecule has 1 atom stereocenters. The number of hydrogen-bond donors (Lipinski definition) is 1. The van der Waals surface area contributed by atoms with E-state index in [-0.39, 0.29) is 0 Å². The normalized spacial score (nSPS) is 12.0. The number of halogens is 1. The number of rotatable bonds is 5. The van der Waals surface area contributed by atoms with Crippen molar-refractivity contribution in [2.75, 3.05) is 7.11 Å². The minimum Gasteiger partial charge on any atom is -0.497 e. The summed E-state index contributed by atoms with van der Waals surface area (Å²) in [6.07, 6.45) is 2.02. The number of carbonyl (C=O) groups is 1. The first-order chi connectivity index (χ1) is 10.0. The third kappa shape index (κ3) is 3.61. The average molecular weight is 350 g/mol. The highest BCUT2D eigenvalue weighted by Gasteiger charge is 2.24. The highest BCUT2D eigenvalue weighted by atomic mass is 79.9. The summed E-state index contributed by atoms with van der Waals surface area (Å²) in [5.74, 6) is -0.822. The van der Waals surface area contributed by atoms with Crippen LogP contribution in [0.4, 0.5) is 0 Å². The van der Waals surface area contributed by atoms with Gasteiger partial charge in [-0.1, -0.05) is 12.1 Å². The van der Waals surface area contributed by atoms with Crippen molar-refractivity contribution < 1.29 is 14.6 Å². The molecule has 0 saturated carbocycles. The quantitative estimate of drug-likeness (QED) is 0.896. The molecule has 1 aromatic heterocycles. The molecule has 1 N–H and O–H groups in total. The number of carboxylic acids is 1. The van der Waals surface area contributed by atoms with Crippen LogP contribution in [0, 0.1) is 6.92 Å². The molecule has 5 heteroatoms. The Bertz CT molecular complexity index is 640. The van der Waals surface area contributed by atoms with Crippen LogP contribution in [0.5, 0.6) is 5.75 Å². The van der Waals surface area contributed by atoms with E-state index in [1.54, 1.807) is 13.3 Å². The topological polar surface area (TPSA) is 59.4 Å². The van der Waals surface area contributed by atoms with Gasteiger partial charge in [0.15, 0.2) is 0 Å². The lowest BCUT2D eigenvalue weighted by Gasteiger charge is -2.15. The van der Waals surface area contributed by atoms with Gasteiger partial charge in [0.25, 0.3) is 0 Å². The predicted octanol–water partition coefficient (Wildman–Crippen LogP) is 3.57. The van der Waals surface area contributed by atoms with Crippen LogP contribution >= 0.6 is 15.9 Å². The average Bonchev–Trinajstić information content (AvgIpc) is 2.48. The Kier molecular flexibility index (Phi) is 4.96. The number of pyridine rings is 1. The van der Waals surface area contributed by atoms with Gasteiger partial charge in [0.1, 0.15) is 11.7 Å². The second-order valence-corrected chi connectivity index (χ2v) is 5.56. The smallest absolute Gasteiger partial charge is 0.312 e. The minimum absolute atomic E-state index is 0.383. The molecular formula is C16H16BrNO3. The molecule has 4 nitrogen and oxygen atoms in total. The largest absolute Gasteiger partial charge is 0.497 e. The van der Waals surface area contributed by atoms with E-state index >= 15 is 0 Å². The zero-order chi connectivity index (χ0) is 15.4. The number of aryl methyl sites for hydroxylation is 1. The summed E-state index contributed by atoms with van der Waals surface area (Å²) in [4.78, 5) is 15.8. The predicted molar refractivity (Wildman–Crippen MR) is 83.7 cm³/mol. The lowest BCUT2D eigenvalue weighted by atomic mass is 9.95. The number of hydrogen-bond acceptors (Lipinski definition) is 3. The summed E-state index contributed by atoms with van der Waals surface area (Å²) in [5.41, 5.74) is 2.46. The van der Waals surface area contributed by atoms with Crippen molar-refractivity contribution in [2.45, 2.75) is 19.3 Å². The Balaban J connectivity index is 2.31. The maximum Gasteiger partial charge on any atom is 0.312 e. The van der Waals surface area contributed by atoms with Crippen LogP contribution in [0.2, 0.25) is 0 Å². The van der Waals surface area contributed by atoms with E-state index in [0.29, 0.717) is 12.1 Å². The molecule has 0 saturated heterocycles. The summed E-state index contributed by atoms with van der Waals surface area (Å²) in [6, 6.07) is 9.25. The molecule has 0 aliphatic rings. The zero-order valence-electron chi connectivity index (χ0n) is 11.8. The summed E-state index contributed by atoms with van der Waals surface area (Å²) < 4.78 is 5.86. The molecule has 0 radical (unpaired) electrons. The summed E-state index contributed by atoms with van der Waals surface area (Å²) in [5, 5.41) is 9.52. The van der Waals surface area contributed by atoms with Crippen LogP contribution in [0.15, 0.2) is 41.0 Å². The monoisotopic (exact) mass is 349 g/mol. The standard InChI is InChI=1S/C16H16BrNO3/c1-10-7-8-18-15(14(10)17)13(16(19)20)9-11-3-5-12(21-2)6-4-11/h3-8,13H,9H2,1-2H3,(H,19,20). The third-order valence-corrected chi connectivity index (χ3v) is 4.37. The second-order valence-electron chi connectivity index (χ2n) is 4.77. The fourth-order valence-electron chi connectivity index (χ4n) is 2.10. The fraction of sp³-hybridized carbons (Fsp3) is 0.250. The maximum atomic E-state index is 11.6. The van der Waals surface area contributed by atoms with Crippen molar-refractivity contribution in [1.29, 1.82) is 0 Å². The molecule has 0 aliphatic heterocycles. The third-order valence-electron chi connectivity index (χ3n) is 3.34. The molecule has 0 amide bonds. The number of nitrogens with zero attached hydrogens (tertiary/aromatic N) is 1. The Morgan fingerprint density at radius 3 is 2.57 bits per heavy atom. The van der Waals surface area contributed by atoms with Crippen molar-refractivity contribution in [3.63, 3.8) is 0 Å². The van der Waals surface area contributed by atoms with Crippen molar-refractivity contribution >= 4 is 21.9 Å². The Hall–Kier alpha value is -1.88. The summed E-state index contributed by atoms with van der Waals surface area (Å²) in [6.45, 7) is 1.92. The summed E-state index contributed by atoms with van der Waals surface area (Å²) >= 11 is 3.44. The number of aliphatic carboxylic acids is 1. The molecule has 1 unspecified atom stereocenters. The number of methoxy groups -OCH3 is 1. The van der Waals surface area contributed by atoms with Gasteiger partial charge in [-0.15, -0.1) is 0 Å². The maximum absolute atomic E-state index is 11.6. The lowest BCUT2D eigenvalue weighted by Crippen LogP contribution is -2.16. The molecule has 21 heavy (non-hydrogen) atoms. The number of carboxylic acid groups (broad SMARTS) is 1. The first-order valence-electron chi connectivity index (χ1n) is 6.49. The van der Waals surface area contributed by atoms with Crippen LogP contribution in [0.25, 0.3) is 0 Å². The minimum atomic E-state index is -0.885. The van der Waals surface area contributed by atoms with E-state index in [2.05, 4.69) is 20.9 Å². The van der Waals surface area contributed by atoms with Crippen LogP contribution in [0.1, 0.15) is 22.7 Å². The van der Waals surface area contributed by atoms with Gasteiger partial charge in [-0.2, -0.15) is 0 Å². The number of benzene rings is 1. The van der Waals surface area contributed by atoms with Crippen LogP contribution < -0.4 is 4.74 Å². The van der Waals surface area contributed by atoms with Crippen LogP contribution in [-0.4, -0.2) is 23.2 Å². The van der Waals surface area contributed by atoms with Crippen molar-refractivity contribution in [1.82, 2.24) is 4.98 Å². The first kappa shape index (κ1) is 15.5. The van der Waals surface area contributed by atoms with E-state index in [1.807, 2.05) is 37.3 Å². The van der Waals surface area contributed by atoms with E-state index in [4.69, 9.17) is 4.74 Å². The van der Waals surface area contributed by atoms with Gasteiger partial charge in [0, 0.05) is 10.7 Å². The molecule has 110 valence electrons. The van der Waals surface area contributed by atoms with Crippen LogP contribution in [-0.2, 0) is 11.2 Å². The Morgan fingerprint density at radius 2 is 2.00 bits per heavy atom. The highest BCUT2D eigenvalue weighted by molar-refractivity contribution is 9.10. The van der Waals surface area contributed by atoms with Crippen LogP contribution in [0.3, 0.4) is 0 Å². The molecule has 2 aromatic rings. The van der Waals surface area contributed by atoms with E-state index < -0.39 is 11.9 Å². The van der Waals surface area contributed by atoms with Gasteiger partial charge in [-0.05, 0) is 58.6 Å². The van der Waals surface area contributed by atoms with Crippen molar-refractivity contribution in [3.05, 3.63) is 57.8 Å². The van der Waals surface area contributed by atoms with Gasteiger partial charge < -0.3 is 9.84 Å². The van der Waals surface area contributed by atoms with E-state index in [9.17, 15) is 9.90 Å². The molecule has 0 bridgehead atoms. The first-order valence-corrected chi connectivity index (χ1v) is 7.29. The Morgan fingerprint density at radius 1 is 1.33 bits per heavy atom. The molecule has 1 aromatic carbocycles. The van der Waals surface area contributed by atoms with Gasteiger partial charge in [-0.25, -0.2) is 0 Å². The SMILES string of the molecule is COc1ccc(CC(C(=O)O)c2nccc(C)c2Br)cc1. The van der Waals surface area contributed by atoms with Gasteiger partial charge >= 0.3 is 5.97 Å². The van der Waals surface area contributed by atoms with E-state index in [0.717, 1.165) is 21.3 Å². The molecule has 2 rings (SSSR count).